The van der Waals surface area contributed by atoms with Gasteiger partial charge in [-0.1, -0.05) is 13.3 Å². The van der Waals surface area contributed by atoms with E-state index < -0.39 is 5.97 Å². The minimum absolute atomic E-state index is 0.0106. The molecule has 0 saturated heterocycles. The summed E-state index contributed by atoms with van der Waals surface area (Å²) in [5, 5.41) is 11.2. The first-order chi connectivity index (χ1) is 6.47. The molecule has 0 fully saturated rings. The molecule has 14 heavy (non-hydrogen) atoms. The van der Waals surface area contributed by atoms with E-state index in [4.69, 9.17) is 5.11 Å². The van der Waals surface area contributed by atoms with E-state index in [1.807, 2.05) is 6.92 Å². The SMILES string of the molecule is CCC(CNC(=O)N(C)C)CC(=O)O. The molecule has 2 N–H and O–H groups in total. The van der Waals surface area contributed by atoms with E-state index in [9.17, 15) is 9.59 Å². The van der Waals surface area contributed by atoms with Gasteiger partial charge in [0, 0.05) is 27.1 Å². The Balaban J connectivity index is 3.83. The number of carboxylic acids is 1. The summed E-state index contributed by atoms with van der Waals surface area (Å²) < 4.78 is 0. The fraction of sp³-hybridized carbons (Fsp3) is 0.778. The Morgan fingerprint density at radius 1 is 1.43 bits per heavy atom. The van der Waals surface area contributed by atoms with E-state index in [2.05, 4.69) is 5.32 Å². The van der Waals surface area contributed by atoms with Crippen molar-refractivity contribution in [3.05, 3.63) is 0 Å². The molecule has 0 aliphatic carbocycles. The van der Waals surface area contributed by atoms with E-state index in [0.29, 0.717) is 6.54 Å². The molecule has 0 aromatic rings. The number of nitrogens with zero attached hydrogens (tertiary/aromatic N) is 1. The minimum Gasteiger partial charge on any atom is -0.481 e. The largest absolute Gasteiger partial charge is 0.481 e. The van der Waals surface area contributed by atoms with Gasteiger partial charge in [-0.25, -0.2) is 4.79 Å². The standard InChI is InChI=1S/C9H18N2O3/c1-4-7(5-8(12)13)6-10-9(14)11(2)3/h7H,4-6H2,1-3H3,(H,10,14)(H,12,13). The Bertz CT molecular complexity index is 204. The fourth-order valence-corrected chi connectivity index (χ4v) is 0.998. The van der Waals surface area contributed by atoms with Gasteiger partial charge in [-0.05, 0) is 5.92 Å². The Hall–Kier alpha value is -1.26. The summed E-state index contributed by atoms with van der Waals surface area (Å²) in [5.74, 6) is -0.813. The first-order valence-electron chi connectivity index (χ1n) is 4.64. The highest BCUT2D eigenvalue weighted by molar-refractivity contribution is 5.73. The first-order valence-corrected chi connectivity index (χ1v) is 4.64. The summed E-state index contributed by atoms with van der Waals surface area (Å²) in [6.45, 7) is 2.33. The van der Waals surface area contributed by atoms with Crippen LogP contribution >= 0.6 is 0 Å². The number of urea groups is 1. The molecule has 82 valence electrons. The van der Waals surface area contributed by atoms with Crippen LogP contribution in [0, 0.1) is 5.92 Å². The van der Waals surface area contributed by atoms with Crippen molar-refractivity contribution in [2.24, 2.45) is 5.92 Å². The number of aliphatic carboxylic acids is 1. The Labute approximate surface area is 84.1 Å². The zero-order valence-corrected chi connectivity index (χ0v) is 8.91. The van der Waals surface area contributed by atoms with E-state index in [1.54, 1.807) is 14.1 Å². The number of amides is 2. The summed E-state index contributed by atoms with van der Waals surface area (Å²) in [6, 6.07) is -0.186. The fourth-order valence-electron chi connectivity index (χ4n) is 0.998. The maximum atomic E-state index is 11.1. The molecule has 0 bridgehead atoms. The second kappa shape index (κ2) is 6.23. The molecular weight excluding hydrogens is 184 g/mol. The molecule has 0 aliphatic rings. The van der Waals surface area contributed by atoms with Crippen molar-refractivity contribution in [1.29, 1.82) is 0 Å². The van der Waals surface area contributed by atoms with E-state index >= 15 is 0 Å². The molecule has 2 amide bonds. The van der Waals surface area contributed by atoms with Crippen LogP contribution in [-0.2, 0) is 4.79 Å². The van der Waals surface area contributed by atoms with Crippen molar-refractivity contribution in [2.75, 3.05) is 20.6 Å². The van der Waals surface area contributed by atoms with Crippen molar-refractivity contribution in [1.82, 2.24) is 10.2 Å². The molecule has 0 aliphatic heterocycles. The van der Waals surface area contributed by atoms with Gasteiger partial charge in [0.1, 0.15) is 0 Å². The number of carboxylic acid groups (broad SMARTS) is 1. The molecule has 1 unspecified atom stereocenters. The van der Waals surface area contributed by atoms with Gasteiger partial charge < -0.3 is 15.3 Å². The summed E-state index contributed by atoms with van der Waals surface area (Å²) in [6.07, 6.45) is 0.851. The second-order valence-electron chi connectivity index (χ2n) is 3.45. The minimum atomic E-state index is -0.823. The molecule has 0 aromatic heterocycles. The molecule has 0 heterocycles. The maximum absolute atomic E-state index is 11.1. The lowest BCUT2D eigenvalue weighted by Crippen LogP contribution is -2.37. The first kappa shape index (κ1) is 12.7. The highest BCUT2D eigenvalue weighted by Crippen LogP contribution is 2.06. The van der Waals surface area contributed by atoms with Gasteiger partial charge in [0.05, 0.1) is 0 Å². The third kappa shape index (κ3) is 5.40. The highest BCUT2D eigenvalue weighted by Gasteiger charge is 2.12. The number of hydrogen-bond donors (Lipinski definition) is 2. The Morgan fingerprint density at radius 3 is 2.36 bits per heavy atom. The van der Waals surface area contributed by atoms with Crippen LogP contribution < -0.4 is 5.32 Å². The van der Waals surface area contributed by atoms with Crippen LogP contribution in [-0.4, -0.2) is 42.6 Å². The van der Waals surface area contributed by atoms with Gasteiger partial charge >= 0.3 is 12.0 Å². The van der Waals surface area contributed by atoms with Crippen molar-refractivity contribution in [3.8, 4) is 0 Å². The van der Waals surface area contributed by atoms with E-state index in [1.165, 1.54) is 4.90 Å². The Kier molecular flexibility index (Phi) is 5.67. The summed E-state index contributed by atoms with van der Waals surface area (Å²) in [5.41, 5.74) is 0. The predicted molar refractivity (Wildman–Crippen MR) is 53.1 cm³/mol. The molecule has 0 radical (unpaired) electrons. The number of hydrogen-bond acceptors (Lipinski definition) is 2. The van der Waals surface area contributed by atoms with Crippen LogP contribution in [0.25, 0.3) is 0 Å². The molecule has 0 spiro atoms. The van der Waals surface area contributed by atoms with Gasteiger partial charge in [0.25, 0.3) is 0 Å². The molecule has 0 saturated carbocycles. The normalized spacial score (nSPS) is 11.9. The van der Waals surface area contributed by atoms with Gasteiger partial charge in [0.15, 0.2) is 0 Å². The van der Waals surface area contributed by atoms with Crippen LogP contribution in [0.4, 0.5) is 4.79 Å². The summed E-state index contributed by atoms with van der Waals surface area (Å²) in [4.78, 5) is 23.0. The Morgan fingerprint density at radius 2 is 2.00 bits per heavy atom. The van der Waals surface area contributed by atoms with Crippen LogP contribution in [0.3, 0.4) is 0 Å². The number of rotatable bonds is 5. The van der Waals surface area contributed by atoms with Gasteiger partial charge in [0.2, 0.25) is 0 Å². The monoisotopic (exact) mass is 202 g/mol. The smallest absolute Gasteiger partial charge is 0.316 e. The topological polar surface area (TPSA) is 69.6 Å². The summed E-state index contributed by atoms with van der Waals surface area (Å²) >= 11 is 0. The van der Waals surface area contributed by atoms with E-state index in [-0.39, 0.29) is 18.4 Å². The van der Waals surface area contributed by atoms with Gasteiger partial charge in [-0.2, -0.15) is 0 Å². The zero-order valence-electron chi connectivity index (χ0n) is 8.91. The average molecular weight is 202 g/mol. The number of carbonyl (C=O) groups excluding carboxylic acids is 1. The predicted octanol–water partition coefficient (Wildman–Crippen LogP) is 0.758. The van der Waals surface area contributed by atoms with Crippen molar-refractivity contribution >= 4 is 12.0 Å². The van der Waals surface area contributed by atoms with Crippen molar-refractivity contribution in [3.63, 3.8) is 0 Å². The third-order valence-corrected chi connectivity index (χ3v) is 1.99. The van der Waals surface area contributed by atoms with Crippen LogP contribution in [0.2, 0.25) is 0 Å². The lowest BCUT2D eigenvalue weighted by molar-refractivity contribution is -0.138. The molecule has 5 nitrogen and oxygen atoms in total. The third-order valence-electron chi connectivity index (χ3n) is 1.99. The molecule has 1 atom stereocenters. The molecule has 0 rings (SSSR count). The van der Waals surface area contributed by atoms with Crippen LogP contribution in [0.15, 0.2) is 0 Å². The zero-order chi connectivity index (χ0) is 11.1. The van der Waals surface area contributed by atoms with Crippen molar-refractivity contribution < 1.29 is 14.7 Å². The number of carbonyl (C=O) groups is 2. The molecule has 0 aromatic carbocycles. The highest BCUT2D eigenvalue weighted by atomic mass is 16.4. The quantitative estimate of drug-likeness (QED) is 0.691. The number of nitrogens with one attached hydrogen (secondary N) is 1. The van der Waals surface area contributed by atoms with Crippen LogP contribution in [0.5, 0.6) is 0 Å². The van der Waals surface area contributed by atoms with Crippen molar-refractivity contribution in [2.45, 2.75) is 19.8 Å². The summed E-state index contributed by atoms with van der Waals surface area (Å²) in [7, 11) is 3.29. The lowest BCUT2D eigenvalue weighted by Gasteiger charge is -2.16. The maximum Gasteiger partial charge on any atom is 0.316 e. The van der Waals surface area contributed by atoms with Crippen LogP contribution in [0.1, 0.15) is 19.8 Å². The van der Waals surface area contributed by atoms with E-state index in [0.717, 1.165) is 6.42 Å². The molecular formula is C9H18N2O3. The molecule has 5 heteroatoms. The average Bonchev–Trinajstić information content (AvgIpc) is 2.10. The lowest BCUT2D eigenvalue weighted by atomic mass is 10.0. The van der Waals surface area contributed by atoms with Gasteiger partial charge in [-0.3, -0.25) is 4.79 Å². The van der Waals surface area contributed by atoms with Gasteiger partial charge in [-0.15, -0.1) is 0 Å². The second-order valence-corrected chi connectivity index (χ2v) is 3.45.